The van der Waals surface area contributed by atoms with Gasteiger partial charge in [0, 0.05) is 17.7 Å². The van der Waals surface area contributed by atoms with Crippen molar-refractivity contribution in [2.45, 2.75) is 49.1 Å². The zero-order valence-electron chi connectivity index (χ0n) is 8.54. The minimum Gasteiger partial charge on any atom is -0.327 e. The fourth-order valence-electron chi connectivity index (χ4n) is 3.44. The molecule has 4 heteroatoms. The van der Waals surface area contributed by atoms with Gasteiger partial charge < -0.3 is 10.3 Å². The van der Waals surface area contributed by atoms with E-state index in [1.807, 2.05) is 0 Å². The van der Waals surface area contributed by atoms with Gasteiger partial charge in [0.05, 0.1) is 5.54 Å². The van der Waals surface area contributed by atoms with E-state index in [9.17, 15) is 0 Å². The molecule has 1 heterocycles. The monoisotopic (exact) mass is 315 g/mol. The summed E-state index contributed by atoms with van der Waals surface area (Å²) in [5.74, 6) is 2.08. The normalized spacial score (nSPS) is 42.3. The number of rotatable bonds is 2. The fraction of sp³-hybridized carbons (Fsp3) is 0.727. The summed E-state index contributed by atoms with van der Waals surface area (Å²) in [4.78, 5) is 4.68. The fourth-order valence-corrected chi connectivity index (χ4v) is 3.97. The molecule has 80 valence electrons. The van der Waals surface area contributed by atoms with Gasteiger partial charge in [0.2, 0.25) is 0 Å². The van der Waals surface area contributed by atoms with E-state index in [4.69, 9.17) is 5.73 Å². The van der Waals surface area contributed by atoms with Gasteiger partial charge in [0.25, 0.3) is 0 Å². The maximum atomic E-state index is 6.12. The summed E-state index contributed by atoms with van der Waals surface area (Å²) >= 11 is 2.33. The van der Waals surface area contributed by atoms with Crippen LogP contribution >= 0.6 is 22.6 Å². The molecule has 0 radical (unpaired) electrons. The lowest BCUT2D eigenvalue weighted by Gasteiger charge is -2.69. The summed E-state index contributed by atoms with van der Waals surface area (Å²) in [5, 5.41) is 0. The predicted molar refractivity (Wildman–Crippen MR) is 65.7 cm³/mol. The molecule has 0 atom stereocenters. The SMILES string of the molecule is NC12CC(n3cc(I)nc3C3CC3)(C1)C2. The Morgan fingerprint density at radius 2 is 2.07 bits per heavy atom. The highest BCUT2D eigenvalue weighted by atomic mass is 127. The van der Waals surface area contributed by atoms with Crippen molar-refractivity contribution < 1.29 is 0 Å². The van der Waals surface area contributed by atoms with Gasteiger partial charge in [-0.3, -0.25) is 0 Å². The van der Waals surface area contributed by atoms with E-state index < -0.39 is 0 Å². The molecule has 3 nitrogen and oxygen atoms in total. The lowest BCUT2D eigenvalue weighted by Crippen LogP contribution is -2.76. The zero-order chi connectivity index (χ0) is 10.3. The predicted octanol–water partition coefficient (Wildman–Crippen LogP) is 1.96. The Morgan fingerprint density at radius 1 is 1.40 bits per heavy atom. The van der Waals surface area contributed by atoms with Crippen LogP contribution in [-0.4, -0.2) is 15.1 Å². The standard InChI is InChI=1S/C11H14IN3/c12-8-3-15(9(14-8)7-1-2-7)11-4-10(13,5-11)6-11/h3,7H,1-2,4-6,13H2. The Hall–Kier alpha value is -0.100. The van der Waals surface area contributed by atoms with E-state index in [-0.39, 0.29) is 5.54 Å². The maximum Gasteiger partial charge on any atom is 0.119 e. The average Bonchev–Trinajstić information content (AvgIpc) is 2.83. The molecule has 0 spiro atoms. The largest absolute Gasteiger partial charge is 0.327 e. The van der Waals surface area contributed by atoms with Crippen molar-refractivity contribution in [1.82, 2.24) is 9.55 Å². The van der Waals surface area contributed by atoms with E-state index >= 15 is 0 Å². The lowest BCUT2D eigenvalue weighted by molar-refractivity contribution is -0.116. The highest BCUT2D eigenvalue weighted by Crippen LogP contribution is 2.64. The number of halogens is 1. The first-order valence-corrected chi connectivity index (χ1v) is 6.72. The third-order valence-electron chi connectivity index (χ3n) is 4.20. The lowest BCUT2D eigenvalue weighted by atomic mass is 9.44. The van der Waals surface area contributed by atoms with Crippen LogP contribution in [0.5, 0.6) is 0 Å². The number of nitrogens with two attached hydrogens (primary N) is 1. The van der Waals surface area contributed by atoms with Gasteiger partial charge >= 0.3 is 0 Å². The van der Waals surface area contributed by atoms with Crippen molar-refractivity contribution in [3.8, 4) is 0 Å². The van der Waals surface area contributed by atoms with Crippen molar-refractivity contribution in [2.75, 3.05) is 0 Å². The van der Waals surface area contributed by atoms with Gasteiger partial charge in [-0.1, -0.05) is 0 Å². The summed E-state index contributed by atoms with van der Waals surface area (Å²) in [6.45, 7) is 0. The highest BCUT2D eigenvalue weighted by molar-refractivity contribution is 14.1. The molecule has 0 aromatic carbocycles. The second-order valence-electron chi connectivity index (χ2n) is 5.68. The second-order valence-corrected chi connectivity index (χ2v) is 6.79. The molecule has 1 aromatic rings. The molecule has 0 saturated heterocycles. The summed E-state index contributed by atoms with van der Waals surface area (Å²) in [6, 6.07) is 0. The third-order valence-corrected chi connectivity index (χ3v) is 4.72. The van der Waals surface area contributed by atoms with Crippen LogP contribution in [0.2, 0.25) is 0 Å². The molecule has 0 unspecified atom stereocenters. The minimum atomic E-state index is 0.191. The molecular weight excluding hydrogens is 301 g/mol. The summed E-state index contributed by atoms with van der Waals surface area (Å²) in [6.07, 6.45) is 8.41. The quantitative estimate of drug-likeness (QED) is 0.848. The molecule has 4 aliphatic carbocycles. The number of imidazole rings is 1. The smallest absolute Gasteiger partial charge is 0.119 e. The van der Waals surface area contributed by atoms with Crippen LogP contribution in [0.1, 0.15) is 43.8 Å². The van der Waals surface area contributed by atoms with Crippen LogP contribution in [0.25, 0.3) is 0 Å². The Kier molecular flexibility index (Phi) is 1.45. The van der Waals surface area contributed by atoms with Gasteiger partial charge in [-0.25, -0.2) is 4.98 Å². The molecule has 4 aliphatic rings. The molecule has 1 aromatic heterocycles. The molecular formula is C11H14IN3. The molecule has 2 bridgehead atoms. The van der Waals surface area contributed by atoms with Gasteiger partial charge in [0.1, 0.15) is 9.53 Å². The summed E-state index contributed by atoms with van der Waals surface area (Å²) in [7, 11) is 0. The van der Waals surface area contributed by atoms with E-state index in [1.54, 1.807) is 0 Å². The molecule has 0 amide bonds. The first kappa shape index (κ1) is 8.98. The van der Waals surface area contributed by atoms with Crippen molar-refractivity contribution >= 4 is 22.6 Å². The average molecular weight is 315 g/mol. The topological polar surface area (TPSA) is 43.8 Å². The first-order valence-electron chi connectivity index (χ1n) is 5.65. The molecule has 0 aliphatic heterocycles. The molecule has 2 N–H and O–H groups in total. The maximum absolute atomic E-state index is 6.12. The molecule has 5 rings (SSSR count). The zero-order valence-corrected chi connectivity index (χ0v) is 10.7. The number of aromatic nitrogens is 2. The second kappa shape index (κ2) is 2.42. The van der Waals surface area contributed by atoms with Gasteiger partial charge in [0.15, 0.2) is 0 Å². The van der Waals surface area contributed by atoms with Crippen LogP contribution in [0, 0.1) is 3.70 Å². The minimum absolute atomic E-state index is 0.191. The van der Waals surface area contributed by atoms with Gasteiger partial charge in [-0.15, -0.1) is 0 Å². The van der Waals surface area contributed by atoms with E-state index in [0.29, 0.717) is 5.54 Å². The van der Waals surface area contributed by atoms with Crippen LogP contribution in [0.4, 0.5) is 0 Å². The van der Waals surface area contributed by atoms with E-state index in [0.717, 1.165) is 9.62 Å². The van der Waals surface area contributed by atoms with Crippen molar-refractivity contribution in [2.24, 2.45) is 5.73 Å². The van der Waals surface area contributed by atoms with E-state index in [1.165, 1.54) is 37.9 Å². The number of hydrogen-bond acceptors (Lipinski definition) is 2. The highest BCUT2D eigenvalue weighted by Gasteiger charge is 2.67. The molecule has 4 fully saturated rings. The number of nitrogens with zero attached hydrogens (tertiary/aromatic N) is 2. The van der Waals surface area contributed by atoms with Crippen molar-refractivity contribution in [3.63, 3.8) is 0 Å². The van der Waals surface area contributed by atoms with Gasteiger partial charge in [-0.2, -0.15) is 0 Å². The number of hydrogen-bond donors (Lipinski definition) is 1. The van der Waals surface area contributed by atoms with Crippen molar-refractivity contribution in [3.05, 3.63) is 15.7 Å². The van der Waals surface area contributed by atoms with Crippen LogP contribution in [0.3, 0.4) is 0 Å². The Balaban J connectivity index is 1.76. The third kappa shape index (κ3) is 1.07. The van der Waals surface area contributed by atoms with E-state index in [2.05, 4.69) is 38.3 Å². The Labute approximate surface area is 103 Å². The first-order chi connectivity index (χ1) is 7.10. The van der Waals surface area contributed by atoms with Crippen LogP contribution < -0.4 is 5.73 Å². The molecule has 15 heavy (non-hydrogen) atoms. The van der Waals surface area contributed by atoms with Crippen LogP contribution in [0.15, 0.2) is 6.20 Å². The Bertz CT molecular complexity index is 427. The summed E-state index contributed by atoms with van der Waals surface area (Å²) < 4.78 is 3.60. The summed E-state index contributed by atoms with van der Waals surface area (Å²) in [5.41, 5.74) is 6.69. The van der Waals surface area contributed by atoms with Crippen LogP contribution in [-0.2, 0) is 5.54 Å². The molecule has 4 saturated carbocycles. The Morgan fingerprint density at radius 3 is 2.60 bits per heavy atom. The van der Waals surface area contributed by atoms with Crippen molar-refractivity contribution in [1.29, 1.82) is 0 Å². The van der Waals surface area contributed by atoms with Gasteiger partial charge in [-0.05, 0) is 54.7 Å².